The van der Waals surface area contributed by atoms with Gasteiger partial charge in [0.25, 0.3) is 5.91 Å². The van der Waals surface area contributed by atoms with Gasteiger partial charge in [0.2, 0.25) is 0 Å². The number of nitrogens with two attached hydrogens (primary N) is 1. The van der Waals surface area contributed by atoms with Crippen LogP contribution in [0.4, 0.5) is 10.1 Å². The molecular weight excluding hydrogens is 199 g/mol. The fourth-order valence-electron chi connectivity index (χ4n) is 1.10. The molecule has 0 aliphatic carbocycles. The molecule has 5 heteroatoms. The van der Waals surface area contributed by atoms with Crippen LogP contribution in [0.25, 0.3) is 0 Å². The van der Waals surface area contributed by atoms with Crippen LogP contribution in [0, 0.1) is 5.82 Å². The highest BCUT2D eigenvalue weighted by molar-refractivity contribution is 5.99. The van der Waals surface area contributed by atoms with Crippen molar-refractivity contribution in [2.75, 3.05) is 26.0 Å². The smallest absolute Gasteiger partial charge is 0.253 e. The van der Waals surface area contributed by atoms with Gasteiger partial charge in [0.05, 0.1) is 17.9 Å². The van der Waals surface area contributed by atoms with Crippen LogP contribution in [0.15, 0.2) is 18.2 Å². The third-order valence-corrected chi connectivity index (χ3v) is 1.89. The molecule has 0 heterocycles. The van der Waals surface area contributed by atoms with Gasteiger partial charge in [0.15, 0.2) is 0 Å². The molecule has 1 amide bonds. The number of benzene rings is 1. The summed E-state index contributed by atoms with van der Waals surface area (Å²) < 4.78 is 17.8. The predicted molar refractivity (Wildman–Crippen MR) is 55.0 cm³/mol. The summed E-state index contributed by atoms with van der Waals surface area (Å²) in [4.78, 5) is 11.5. The van der Waals surface area contributed by atoms with Crippen molar-refractivity contribution in [3.05, 3.63) is 29.6 Å². The van der Waals surface area contributed by atoms with Gasteiger partial charge in [-0.1, -0.05) is 6.07 Å². The number of hydrogen-bond acceptors (Lipinski definition) is 3. The summed E-state index contributed by atoms with van der Waals surface area (Å²) >= 11 is 0. The number of carbonyl (C=O) groups is 1. The van der Waals surface area contributed by atoms with Gasteiger partial charge in [-0.3, -0.25) is 4.79 Å². The zero-order chi connectivity index (χ0) is 11.3. The van der Waals surface area contributed by atoms with E-state index < -0.39 is 11.7 Å². The van der Waals surface area contributed by atoms with E-state index in [0.717, 1.165) is 0 Å². The molecule has 1 aromatic rings. The predicted octanol–water partition coefficient (Wildman–Crippen LogP) is 0.784. The van der Waals surface area contributed by atoms with E-state index in [0.29, 0.717) is 13.2 Å². The van der Waals surface area contributed by atoms with Crippen molar-refractivity contribution in [1.82, 2.24) is 5.32 Å². The molecule has 0 spiro atoms. The minimum absolute atomic E-state index is 0.132. The fraction of sp³-hybridized carbons (Fsp3) is 0.300. The van der Waals surface area contributed by atoms with Gasteiger partial charge in [-0.25, -0.2) is 4.39 Å². The van der Waals surface area contributed by atoms with Crippen LogP contribution >= 0.6 is 0 Å². The van der Waals surface area contributed by atoms with E-state index >= 15 is 0 Å². The Hall–Kier alpha value is -1.62. The maximum absolute atomic E-state index is 13.0. The monoisotopic (exact) mass is 212 g/mol. The number of nitrogens with one attached hydrogen (secondary N) is 1. The molecule has 3 N–H and O–H groups in total. The van der Waals surface area contributed by atoms with E-state index in [1.165, 1.54) is 25.3 Å². The van der Waals surface area contributed by atoms with Crippen LogP contribution in [0.2, 0.25) is 0 Å². The molecule has 0 aromatic heterocycles. The van der Waals surface area contributed by atoms with Gasteiger partial charge in [-0.2, -0.15) is 0 Å². The Bertz CT molecular complexity index is 355. The number of rotatable bonds is 4. The molecule has 1 aromatic carbocycles. The zero-order valence-corrected chi connectivity index (χ0v) is 8.42. The maximum atomic E-state index is 13.0. The Morgan fingerprint density at radius 1 is 1.60 bits per heavy atom. The average molecular weight is 212 g/mol. The Morgan fingerprint density at radius 3 is 3.00 bits per heavy atom. The van der Waals surface area contributed by atoms with Crippen molar-refractivity contribution in [2.24, 2.45) is 0 Å². The number of ether oxygens (including phenoxy) is 1. The van der Waals surface area contributed by atoms with Gasteiger partial charge >= 0.3 is 0 Å². The molecule has 0 saturated heterocycles. The van der Waals surface area contributed by atoms with Gasteiger partial charge in [-0.15, -0.1) is 0 Å². The molecule has 1 rings (SSSR count). The van der Waals surface area contributed by atoms with Crippen molar-refractivity contribution >= 4 is 11.6 Å². The van der Waals surface area contributed by atoms with Gasteiger partial charge in [0, 0.05) is 13.7 Å². The lowest BCUT2D eigenvalue weighted by atomic mass is 10.1. The van der Waals surface area contributed by atoms with E-state index in [4.69, 9.17) is 10.5 Å². The topological polar surface area (TPSA) is 64.3 Å². The van der Waals surface area contributed by atoms with Gasteiger partial charge < -0.3 is 15.8 Å². The second-order valence-corrected chi connectivity index (χ2v) is 2.95. The van der Waals surface area contributed by atoms with Crippen LogP contribution < -0.4 is 11.1 Å². The third kappa shape index (κ3) is 2.92. The molecule has 0 fully saturated rings. The quantitative estimate of drug-likeness (QED) is 0.572. The highest BCUT2D eigenvalue weighted by Crippen LogP contribution is 2.15. The third-order valence-electron chi connectivity index (χ3n) is 1.89. The maximum Gasteiger partial charge on any atom is 0.253 e. The van der Waals surface area contributed by atoms with E-state index in [1.54, 1.807) is 0 Å². The van der Waals surface area contributed by atoms with E-state index in [9.17, 15) is 9.18 Å². The van der Waals surface area contributed by atoms with Crippen molar-refractivity contribution in [1.29, 1.82) is 0 Å². The van der Waals surface area contributed by atoms with E-state index in [1.807, 2.05) is 0 Å². The molecule has 4 nitrogen and oxygen atoms in total. The molecular formula is C10H13FN2O2. The Labute approximate surface area is 87.2 Å². The summed E-state index contributed by atoms with van der Waals surface area (Å²) in [6.45, 7) is 0.770. The second-order valence-electron chi connectivity index (χ2n) is 2.95. The first-order valence-corrected chi connectivity index (χ1v) is 4.48. The lowest BCUT2D eigenvalue weighted by Gasteiger charge is -2.07. The summed E-state index contributed by atoms with van der Waals surface area (Å²) in [5.41, 5.74) is 5.43. The lowest BCUT2D eigenvalue weighted by Crippen LogP contribution is -2.27. The number of nitrogen functional groups attached to an aromatic ring is 1. The van der Waals surface area contributed by atoms with Gasteiger partial charge in [0.1, 0.15) is 5.82 Å². The standard InChI is InChI=1S/C10H13FN2O2/c1-15-6-5-13-10(14)7-3-2-4-8(11)9(7)12/h2-4H,5-6,12H2,1H3,(H,13,14). The van der Waals surface area contributed by atoms with Crippen molar-refractivity contribution < 1.29 is 13.9 Å². The van der Waals surface area contributed by atoms with Crippen LogP contribution in [-0.4, -0.2) is 26.2 Å². The molecule has 0 saturated carbocycles. The first-order chi connectivity index (χ1) is 7.16. The van der Waals surface area contributed by atoms with Crippen LogP contribution in [-0.2, 0) is 4.74 Å². The molecule has 0 bridgehead atoms. The number of carbonyl (C=O) groups excluding carboxylic acids is 1. The van der Waals surface area contributed by atoms with Gasteiger partial charge in [-0.05, 0) is 12.1 Å². The van der Waals surface area contributed by atoms with Crippen LogP contribution in [0.1, 0.15) is 10.4 Å². The summed E-state index contributed by atoms with van der Waals surface area (Å²) in [5.74, 6) is -0.988. The molecule has 0 radical (unpaired) electrons. The highest BCUT2D eigenvalue weighted by Gasteiger charge is 2.11. The number of amides is 1. The Balaban J connectivity index is 2.69. The molecule has 0 aliphatic rings. The van der Waals surface area contributed by atoms with Crippen LogP contribution in [0.5, 0.6) is 0 Å². The molecule has 0 aliphatic heterocycles. The molecule has 82 valence electrons. The highest BCUT2D eigenvalue weighted by atomic mass is 19.1. The molecule has 15 heavy (non-hydrogen) atoms. The zero-order valence-electron chi connectivity index (χ0n) is 8.42. The minimum Gasteiger partial charge on any atom is -0.396 e. The Morgan fingerprint density at radius 2 is 2.33 bits per heavy atom. The molecule has 0 atom stereocenters. The largest absolute Gasteiger partial charge is 0.396 e. The van der Waals surface area contributed by atoms with E-state index in [-0.39, 0.29) is 11.3 Å². The number of hydrogen-bond donors (Lipinski definition) is 2. The summed E-state index contributed by atoms with van der Waals surface area (Å²) in [5, 5.41) is 2.56. The number of halogens is 1. The van der Waals surface area contributed by atoms with Crippen molar-refractivity contribution in [3.63, 3.8) is 0 Å². The summed E-state index contributed by atoms with van der Waals surface area (Å²) in [6.07, 6.45) is 0. The number of para-hydroxylation sites is 1. The Kier molecular flexibility index (Phi) is 4.05. The first kappa shape index (κ1) is 11.5. The first-order valence-electron chi connectivity index (χ1n) is 4.48. The molecule has 0 unspecified atom stereocenters. The lowest BCUT2D eigenvalue weighted by molar-refractivity contribution is 0.0937. The summed E-state index contributed by atoms with van der Waals surface area (Å²) in [7, 11) is 1.53. The fourth-order valence-corrected chi connectivity index (χ4v) is 1.10. The second kappa shape index (κ2) is 5.31. The van der Waals surface area contributed by atoms with Crippen molar-refractivity contribution in [2.45, 2.75) is 0 Å². The number of anilines is 1. The normalized spacial score (nSPS) is 10.0. The SMILES string of the molecule is COCCNC(=O)c1cccc(F)c1N. The average Bonchev–Trinajstić information content (AvgIpc) is 2.22. The number of methoxy groups -OCH3 is 1. The minimum atomic E-state index is -0.589. The van der Waals surface area contributed by atoms with E-state index in [2.05, 4.69) is 5.32 Å². The van der Waals surface area contributed by atoms with Crippen molar-refractivity contribution in [3.8, 4) is 0 Å². The van der Waals surface area contributed by atoms with Crippen LogP contribution in [0.3, 0.4) is 0 Å². The summed E-state index contributed by atoms with van der Waals surface area (Å²) in [6, 6.07) is 4.12.